The fraction of sp³-hybridized carbons (Fsp3) is 0.200. The molecule has 18 heavy (non-hydrogen) atoms. The van der Waals surface area contributed by atoms with Crippen molar-refractivity contribution in [2.45, 2.75) is 19.5 Å². The maximum atomic E-state index is 13.5. The van der Waals surface area contributed by atoms with E-state index in [4.69, 9.17) is 0 Å². The Hall–Kier alpha value is -1.74. The molecule has 0 aliphatic heterocycles. The second-order valence-electron chi connectivity index (χ2n) is 4.22. The maximum absolute atomic E-state index is 13.5. The first-order valence-electron chi connectivity index (χ1n) is 5.89. The van der Waals surface area contributed by atoms with Gasteiger partial charge < -0.3 is 5.32 Å². The smallest absolute Gasteiger partial charge is 0.127 e. The first-order chi connectivity index (χ1) is 8.68. The molecule has 2 rings (SSSR count). The zero-order valence-corrected chi connectivity index (χ0v) is 10.2. The Kier molecular flexibility index (Phi) is 4.05. The third kappa shape index (κ3) is 2.93. The first-order valence-corrected chi connectivity index (χ1v) is 5.89. The van der Waals surface area contributed by atoms with Gasteiger partial charge in [0.15, 0.2) is 0 Å². The van der Waals surface area contributed by atoms with Gasteiger partial charge in [0.1, 0.15) is 11.6 Å². The highest BCUT2D eigenvalue weighted by Gasteiger charge is 2.10. The van der Waals surface area contributed by atoms with Gasteiger partial charge in [0.05, 0.1) is 0 Å². The van der Waals surface area contributed by atoms with Crippen LogP contribution in [0.3, 0.4) is 0 Å². The molecule has 2 aromatic rings. The van der Waals surface area contributed by atoms with E-state index in [-0.39, 0.29) is 17.7 Å². The summed E-state index contributed by atoms with van der Waals surface area (Å²) in [6, 6.07) is 13.0. The van der Waals surface area contributed by atoms with Gasteiger partial charge in [-0.2, -0.15) is 0 Å². The molecule has 0 unspecified atom stereocenters. The van der Waals surface area contributed by atoms with Gasteiger partial charge in [-0.05, 0) is 19.1 Å². The summed E-state index contributed by atoms with van der Waals surface area (Å²) in [7, 11) is 0. The number of nitrogens with one attached hydrogen (secondary N) is 1. The molecule has 0 heterocycles. The number of benzene rings is 2. The molecule has 0 aromatic heterocycles. The van der Waals surface area contributed by atoms with Crippen molar-refractivity contribution < 1.29 is 8.78 Å². The molecule has 1 atom stereocenters. The molecule has 0 spiro atoms. The zero-order valence-electron chi connectivity index (χ0n) is 10.2. The number of hydrogen-bond acceptors (Lipinski definition) is 1. The van der Waals surface area contributed by atoms with Crippen LogP contribution in [0, 0.1) is 11.6 Å². The van der Waals surface area contributed by atoms with Gasteiger partial charge in [-0.1, -0.05) is 36.4 Å². The third-order valence-corrected chi connectivity index (χ3v) is 2.93. The Morgan fingerprint density at radius 2 is 1.56 bits per heavy atom. The summed E-state index contributed by atoms with van der Waals surface area (Å²) >= 11 is 0. The van der Waals surface area contributed by atoms with Crippen LogP contribution in [0.15, 0.2) is 48.5 Å². The quantitative estimate of drug-likeness (QED) is 0.866. The SMILES string of the molecule is C[C@@H](NCc1ccccc1F)c1ccccc1F. The first kappa shape index (κ1) is 12.7. The van der Waals surface area contributed by atoms with E-state index in [1.54, 1.807) is 36.4 Å². The molecule has 0 saturated carbocycles. The monoisotopic (exact) mass is 247 g/mol. The van der Waals surface area contributed by atoms with Gasteiger partial charge in [0.25, 0.3) is 0 Å². The highest BCUT2D eigenvalue weighted by atomic mass is 19.1. The van der Waals surface area contributed by atoms with Crippen molar-refractivity contribution in [3.8, 4) is 0 Å². The Balaban J connectivity index is 2.03. The van der Waals surface area contributed by atoms with Crippen LogP contribution in [0.2, 0.25) is 0 Å². The van der Waals surface area contributed by atoms with Crippen LogP contribution in [0.5, 0.6) is 0 Å². The van der Waals surface area contributed by atoms with E-state index in [2.05, 4.69) is 5.32 Å². The van der Waals surface area contributed by atoms with Gasteiger partial charge in [0.2, 0.25) is 0 Å². The predicted molar refractivity (Wildman–Crippen MR) is 68.1 cm³/mol. The number of rotatable bonds is 4. The predicted octanol–water partition coefficient (Wildman–Crippen LogP) is 3.82. The van der Waals surface area contributed by atoms with Gasteiger partial charge in [-0.15, -0.1) is 0 Å². The second kappa shape index (κ2) is 5.74. The van der Waals surface area contributed by atoms with Crippen LogP contribution in [-0.4, -0.2) is 0 Å². The topological polar surface area (TPSA) is 12.0 Å². The van der Waals surface area contributed by atoms with Gasteiger partial charge >= 0.3 is 0 Å². The minimum absolute atomic E-state index is 0.161. The Bertz CT molecular complexity index is 525. The second-order valence-corrected chi connectivity index (χ2v) is 4.22. The lowest BCUT2D eigenvalue weighted by Crippen LogP contribution is -2.19. The summed E-state index contributed by atoms with van der Waals surface area (Å²) in [6.45, 7) is 2.24. The summed E-state index contributed by atoms with van der Waals surface area (Å²) in [6.07, 6.45) is 0. The van der Waals surface area contributed by atoms with E-state index >= 15 is 0 Å². The molecule has 1 nitrogen and oxygen atoms in total. The Morgan fingerprint density at radius 1 is 0.944 bits per heavy atom. The molecule has 1 N–H and O–H groups in total. The minimum atomic E-state index is -0.245. The fourth-order valence-electron chi connectivity index (χ4n) is 1.84. The summed E-state index contributed by atoms with van der Waals surface area (Å²) in [5.74, 6) is -0.489. The molecule has 0 bridgehead atoms. The van der Waals surface area contributed by atoms with Crippen molar-refractivity contribution in [3.63, 3.8) is 0 Å². The van der Waals surface area contributed by atoms with E-state index < -0.39 is 0 Å². The molecule has 0 amide bonds. The van der Waals surface area contributed by atoms with Crippen LogP contribution in [0.4, 0.5) is 8.78 Å². The highest BCUT2D eigenvalue weighted by molar-refractivity contribution is 5.21. The van der Waals surface area contributed by atoms with Crippen molar-refractivity contribution in [3.05, 3.63) is 71.3 Å². The van der Waals surface area contributed by atoms with Crippen molar-refractivity contribution in [1.82, 2.24) is 5.32 Å². The molecule has 0 radical (unpaired) electrons. The van der Waals surface area contributed by atoms with Gasteiger partial charge in [-0.25, -0.2) is 8.78 Å². The van der Waals surface area contributed by atoms with Crippen molar-refractivity contribution >= 4 is 0 Å². The lowest BCUT2D eigenvalue weighted by molar-refractivity contribution is 0.515. The molecular formula is C15H15F2N. The van der Waals surface area contributed by atoms with Crippen LogP contribution in [0.1, 0.15) is 24.1 Å². The number of halogens is 2. The molecule has 0 saturated heterocycles. The van der Waals surface area contributed by atoms with Crippen molar-refractivity contribution in [2.24, 2.45) is 0 Å². The molecule has 2 aromatic carbocycles. The molecular weight excluding hydrogens is 232 g/mol. The lowest BCUT2D eigenvalue weighted by Gasteiger charge is -2.15. The molecule has 94 valence electrons. The summed E-state index contributed by atoms with van der Waals surface area (Å²) in [5.41, 5.74) is 1.18. The van der Waals surface area contributed by atoms with Crippen LogP contribution in [0.25, 0.3) is 0 Å². The highest BCUT2D eigenvalue weighted by Crippen LogP contribution is 2.17. The van der Waals surface area contributed by atoms with Gasteiger partial charge in [-0.3, -0.25) is 0 Å². The van der Waals surface area contributed by atoms with E-state index in [0.29, 0.717) is 17.7 Å². The molecule has 0 fully saturated rings. The normalized spacial score (nSPS) is 12.4. The minimum Gasteiger partial charge on any atom is -0.306 e. The van der Waals surface area contributed by atoms with Gasteiger partial charge in [0, 0.05) is 23.7 Å². The lowest BCUT2D eigenvalue weighted by atomic mass is 10.1. The average molecular weight is 247 g/mol. The van der Waals surface area contributed by atoms with E-state index in [1.165, 1.54) is 12.1 Å². The summed E-state index contributed by atoms with van der Waals surface area (Å²) in [4.78, 5) is 0. The summed E-state index contributed by atoms with van der Waals surface area (Å²) < 4.78 is 26.9. The van der Waals surface area contributed by atoms with E-state index in [9.17, 15) is 8.78 Å². The fourth-order valence-corrected chi connectivity index (χ4v) is 1.84. The molecule has 0 aliphatic rings. The third-order valence-electron chi connectivity index (χ3n) is 2.93. The number of hydrogen-bond donors (Lipinski definition) is 1. The molecule has 3 heteroatoms. The average Bonchev–Trinajstić information content (AvgIpc) is 2.38. The van der Waals surface area contributed by atoms with Crippen molar-refractivity contribution in [2.75, 3.05) is 0 Å². The van der Waals surface area contributed by atoms with Crippen LogP contribution >= 0.6 is 0 Å². The largest absolute Gasteiger partial charge is 0.306 e. The van der Waals surface area contributed by atoms with Crippen LogP contribution < -0.4 is 5.32 Å². The molecule has 0 aliphatic carbocycles. The maximum Gasteiger partial charge on any atom is 0.127 e. The van der Waals surface area contributed by atoms with Crippen molar-refractivity contribution in [1.29, 1.82) is 0 Å². The zero-order chi connectivity index (χ0) is 13.0. The van der Waals surface area contributed by atoms with E-state index in [0.717, 1.165) is 0 Å². The Morgan fingerprint density at radius 3 is 2.22 bits per heavy atom. The summed E-state index contributed by atoms with van der Waals surface area (Å²) in [5, 5.41) is 3.12. The standard InChI is InChI=1S/C15H15F2N/c1-11(13-7-3-5-9-15(13)17)18-10-12-6-2-4-8-14(12)16/h2-9,11,18H,10H2,1H3/t11-/m1/s1. The Labute approximate surface area is 105 Å². The van der Waals surface area contributed by atoms with E-state index in [1.807, 2.05) is 6.92 Å². The van der Waals surface area contributed by atoms with Crippen LogP contribution in [-0.2, 0) is 6.54 Å².